The fourth-order valence-electron chi connectivity index (χ4n) is 2.89. The highest BCUT2D eigenvalue weighted by molar-refractivity contribution is 5.92. The number of nitrogens with one attached hydrogen (secondary N) is 2. The number of carboxylic acids is 1. The number of hydrogen-bond acceptors (Lipinski definition) is 6. The fraction of sp³-hybridized carbons (Fsp3) is 0.118. The molecular formula is C17H15N5O3. The Bertz CT molecular complexity index is 978. The van der Waals surface area contributed by atoms with Gasteiger partial charge in [0.15, 0.2) is 0 Å². The van der Waals surface area contributed by atoms with Crippen molar-refractivity contribution in [2.24, 2.45) is 10.7 Å². The van der Waals surface area contributed by atoms with E-state index in [-0.39, 0.29) is 6.17 Å². The van der Waals surface area contributed by atoms with Gasteiger partial charge in [0.2, 0.25) is 6.17 Å². The summed E-state index contributed by atoms with van der Waals surface area (Å²) in [5.74, 6) is 0.242. The van der Waals surface area contributed by atoms with Crippen LogP contribution >= 0.6 is 0 Å². The highest BCUT2D eigenvalue weighted by atomic mass is 16.5. The minimum absolute atomic E-state index is 0.314. The maximum absolute atomic E-state index is 10.5. The van der Waals surface area contributed by atoms with Crippen LogP contribution in [0.1, 0.15) is 11.7 Å². The maximum Gasteiger partial charge on any atom is 0.365 e. The SMILES string of the molecule is NC1=N[C@H](c2ccc(OCC(=O)[O-])cc2)[n+]2c([nH]c3ccccc32)N1. The average Bonchev–Trinajstić information content (AvgIpc) is 2.97. The van der Waals surface area contributed by atoms with E-state index in [0.29, 0.717) is 11.7 Å². The Morgan fingerprint density at radius 3 is 2.76 bits per heavy atom. The number of aliphatic imine (C=N–C) groups is 1. The van der Waals surface area contributed by atoms with E-state index in [0.717, 1.165) is 22.5 Å². The zero-order valence-corrected chi connectivity index (χ0v) is 13.1. The number of nitrogens with two attached hydrogens (primary N) is 1. The fourth-order valence-corrected chi connectivity index (χ4v) is 2.89. The topological polar surface area (TPSA) is 119 Å². The highest BCUT2D eigenvalue weighted by Gasteiger charge is 2.30. The van der Waals surface area contributed by atoms with Crippen molar-refractivity contribution in [3.63, 3.8) is 0 Å². The van der Waals surface area contributed by atoms with Crippen molar-refractivity contribution in [2.45, 2.75) is 6.17 Å². The van der Waals surface area contributed by atoms with Crippen LogP contribution < -0.4 is 25.5 Å². The van der Waals surface area contributed by atoms with E-state index >= 15 is 0 Å². The number of carbonyl (C=O) groups excluding carboxylic acids is 1. The van der Waals surface area contributed by atoms with E-state index in [9.17, 15) is 9.90 Å². The van der Waals surface area contributed by atoms with Gasteiger partial charge in [-0.1, -0.05) is 12.1 Å². The number of benzene rings is 2. The molecule has 0 amide bonds. The lowest BCUT2D eigenvalue weighted by Gasteiger charge is -2.18. The third-order valence-electron chi connectivity index (χ3n) is 3.94. The number of rotatable bonds is 4. The summed E-state index contributed by atoms with van der Waals surface area (Å²) < 4.78 is 7.12. The minimum atomic E-state index is -1.27. The van der Waals surface area contributed by atoms with Gasteiger partial charge in [0.25, 0.3) is 5.96 Å². The molecule has 2 aromatic carbocycles. The molecule has 8 nitrogen and oxygen atoms in total. The van der Waals surface area contributed by atoms with Crippen LogP contribution in [0, 0.1) is 0 Å². The number of guanidine groups is 1. The Morgan fingerprint density at radius 1 is 1.24 bits per heavy atom. The van der Waals surface area contributed by atoms with Gasteiger partial charge in [-0.15, -0.1) is 0 Å². The Hall–Kier alpha value is -3.55. The molecule has 0 spiro atoms. The second-order valence-corrected chi connectivity index (χ2v) is 5.60. The van der Waals surface area contributed by atoms with Crippen LogP contribution in [0.15, 0.2) is 53.5 Å². The number of nitrogens with zero attached hydrogens (tertiary/aromatic N) is 2. The van der Waals surface area contributed by atoms with Gasteiger partial charge in [-0.3, -0.25) is 0 Å². The molecule has 126 valence electrons. The summed E-state index contributed by atoms with van der Waals surface area (Å²) in [6, 6.07) is 14.9. The molecule has 0 saturated carbocycles. The number of para-hydroxylation sites is 2. The number of aromatic amines is 1. The van der Waals surface area contributed by atoms with Crippen molar-refractivity contribution in [3.8, 4) is 5.75 Å². The predicted molar refractivity (Wildman–Crippen MR) is 88.8 cm³/mol. The molecule has 1 aromatic heterocycles. The first-order valence-electron chi connectivity index (χ1n) is 7.67. The lowest BCUT2D eigenvalue weighted by molar-refractivity contribution is -0.674. The third-order valence-corrected chi connectivity index (χ3v) is 3.94. The molecule has 0 aliphatic carbocycles. The smallest absolute Gasteiger partial charge is 0.365 e. The summed E-state index contributed by atoms with van der Waals surface area (Å²) >= 11 is 0. The van der Waals surface area contributed by atoms with Gasteiger partial charge in [-0.2, -0.15) is 4.99 Å². The number of fused-ring (bicyclic) bond motifs is 3. The molecule has 4 N–H and O–H groups in total. The number of aromatic nitrogens is 2. The van der Waals surface area contributed by atoms with Crippen LogP contribution in [0.2, 0.25) is 0 Å². The van der Waals surface area contributed by atoms with Gasteiger partial charge in [0.1, 0.15) is 23.4 Å². The number of carboxylic acid groups (broad SMARTS) is 1. The molecule has 0 radical (unpaired) electrons. The first-order chi connectivity index (χ1) is 12.1. The number of anilines is 1. The molecule has 0 fully saturated rings. The van der Waals surface area contributed by atoms with Crippen molar-refractivity contribution in [1.82, 2.24) is 4.98 Å². The summed E-state index contributed by atoms with van der Waals surface area (Å²) in [6.07, 6.45) is -0.345. The average molecular weight is 337 g/mol. The molecular weight excluding hydrogens is 322 g/mol. The summed E-state index contributed by atoms with van der Waals surface area (Å²) in [6.45, 7) is -0.487. The normalized spacial score (nSPS) is 16.0. The maximum atomic E-state index is 10.5. The number of carbonyl (C=O) groups is 1. The number of aliphatic carboxylic acids is 1. The van der Waals surface area contributed by atoms with E-state index < -0.39 is 12.6 Å². The zero-order chi connectivity index (χ0) is 17.4. The molecule has 1 aliphatic rings. The van der Waals surface area contributed by atoms with Gasteiger partial charge in [0.05, 0.1) is 5.97 Å². The Kier molecular flexibility index (Phi) is 3.50. The Balaban J connectivity index is 1.72. The minimum Gasteiger partial charge on any atom is -0.546 e. The van der Waals surface area contributed by atoms with Gasteiger partial charge in [-0.05, 0) is 36.4 Å². The van der Waals surface area contributed by atoms with Crippen molar-refractivity contribution < 1.29 is 19.2 Å². The monoisotopic (exact) mass is 337 g/mol. The summed E-state index contributed by atoms with van der Waals surface area (Å²) in [5.41, 5.74) is 8.76. The molecule has 3 aromatic rings. The molecule has 0 bridgehead atoms. The first-order valence-corrected chi connectivity index (χ1v) is 7.67. The molecule has 8 heteroatoms. The van der Waals surface area contributed by atoms with Crippen LogP contribution in [0.3, 0.4) is 0 Å². The third kappa shape index (κ3) is 2.74. The number of imidazole rings is 1. The molecule has 25 heavy (non-hydrogen) atoms. The summed E-state index contributed by atoms with van der Waals surface area (Å²) in [7, 11) is 0. The molecule has 0 unspecified atom stereocenters. The summed E-state index contributed by atoms with van der Waals surface area (Å²) in [4.78, 5) is 18.3. The lowest BCUT2D eigenvalue weighted by Crippen LogP contribution is -2.48. The van der Waals surface area contributed by atoms with Crippen molar-refractivity contribution in [1.29, 1.82) is 0 Å². The molecule has 1 atom stereocenters. The number of ether oxygens (including phenoxy) is 1. The van der Waals surface area contributed by atoms with Gasteiger partial charge in [-0.25, -0.2) is 14.9 Å². The highest BCUT2D eigenvalue weighted by Crippen LogP contribution is 2.25. The Morgan fingerprint density at radius 2 is 2.00 bits per heavy atom. The van der Waals surface area contributed by atoms with Crippen molar-refractivity contribution in [2.75, 3.05) is 11.9 Å². The molecule has 1 aliphatic heterocycles. The molecule has 4 rings (SSSR count). The van der Waals surface area contributed by atoms with Gasteiger partial charge in [0, 0.05) is 5.56 Å². The summed E-state index contributed by atoms with van der Waals surface area (Å²) in [5, 5.41) is 13.5. The van der Waals surface area contributed by atoms with E-state index in [4.69, 9.17) is 10.5 Å². The van der Waals surface area contributed by atoms with E-state index in [1.807, 2.05) is 41.0 Å². The Labute approximate surface area is 142 Å². The second-order valence-electron chi connectivity index (χ2n) is 5.60. The second kappa shape index (κ2) is 5.82. The largest absolute Gasteiger partial charge is 0.546 e. The van der Waals surface area contributed by atoms with Crippen LogP contribution in [0.4, 0.5) is 5.95 Å². The molecule has 0 saturated heterocycles. The van der Waals surface area contributed by atoms with Gasteiger partial charge >= 0.3 is 5.95 Å². The van der Waals surface area contributed by atoms with Crippen LogP contribution in [0.25, 0.3) is 11.0 Å². The quantitative estimate of drug-likeness (QED) is 0.573. The van der Waals surface area contributed by atoms with E-state index in [2.05, 4.69) is 15.3 Å². The van der Waals surface area contributed by atoms with Crippen LogP contribution in [-0.4, -0.2) is 23.5 Å². The zero-order valence-electron chi connectivity index (χ0n) is 13.1. The van der Waals surface area contributed by atoms with E-state index in [1.165, 1.54) is 0 Å². The number of hydrogen-bond donors (Lipinski definition) is 3. The predicted octanol–water partition coefficient (Wildman–Crippen LogP) is -0.129. The van der Waals surface area contributed by atoms with Crippen molar-refractivity contribution >= 4 is 28.9 Å². The van der Waals surface area contributed by atoms with Crippen LogP contribution in [0.5, 0.6) is 5.75 Å². The standard InChI is InChI=1S/C17H15N5O3/c18-16-20-15(10-5-7-11(8-6-10)25-9-14(23)24)22-13-4-2-1-3-12(13)19-17(22)21-16/h1-8,15H,9H2,(H4,18,19,20,21,23,24)/t15-/m0/s1. The van der Waals surface area contributed by atoms with Crippen molar-refractivity contribution in [3.05, 3.63) is 54.1 Å². The lowest BCUT2D eigenvalue weighted by atomic mass is 10.1. The number of H-pyrrole nitrogens is 1. The molecule has 2 heterocycles. The van der Waals surface area contributed by atoms with Gasteiger partial charge < -0.3 is 20.4 Å². The van der Waals surface area contributed by atoms with E-state index in [1.54, 1.807) is 12.1 Å². The first kappa shape index (κ1) is 15.0. The van der Waals surface area contributed by atoms with Crippen LogP contribution in [-0.2, 0) is 4.79 Å².